The van der Waals surface area contributed by atoms with Crippen molar-refractivity contribution in [3.8, 4) is 5.75 Å². The Labute approximate surface area is 205 Å². The molecule has 2 atom stereocenters. The van der Waals surface area contributed by atoms with E-state index in [-0.39, 0.29) is 23.1 Å². The molecule has 2 aromatic carbocycles. The van der Waals surface area contributed by atoms with Crippen LogP contribution in [0.4, 0.5) is 5.69 Å². The lowest BCUT2D eigenvalue weighted by atomic mass is 10.1. The molecule has 2 amide bonds. The largest absolute Gasteiger partial charge is 0.495 e. The molecule has 0 aromatic heterocycles. The topological polar surface area (TPSA) is 114 Å². The minimum absolute atomic E-state index is 0.0310. The molecule has 1 aliphatic rings. The van der Waals surface area contributed by atoms with Gasteiger partial charge in [0.15, 0.2) is 15.1 Å². The summed E-state index contributed by atoms with van der Waals surface area (Å²) < 4.78 is 31.3. The van der Waals surface area contributed by atoms with Gasteiger partial charge in [-0.3, -0.25) is 14.9 Å². The molecule has 0 aliphatic carbocycles. The van der Waals surface area contributed by atoms with Crippen LogP contribution in [0.15, 0.2) is 47.4 Å². The minimum atomic E-state index is -3.83. The van der Waals surface area contributed by atoms with E-state index in [4.69, 9.17) is 4.74 Å². The van der Waals surface area contributed by atoms with Crippen LogP contribution in [-0.2, 0) is 25.8 Å². The van der Waals surface area contributed by atoms with Crippen LogP contribution in [0.25, 0.3) is 0 Å². The molecule has 34 heavy (non-hydrogen) atoms. The summed E-state index contributed by atoms with van der Waals surface area (Å²) in [4.78, 5) is 25.2. The number of thioether (sulfide) groups is 1. The van der Waals surface area contributed by atoms with Crippen LogP contribution in [0, 0.1) is 6.92 Å². The summed E-state index contributed by atoms with van der Waals surface area (Å²) in [6.07, 6.45) is 3.00. The lowest BCUT2D eigenvalue weighted by Gasteiger charge is -2.29. The van der Waals surface area contributed by atoms with Crippen molar-refractivity contribution in [3.63, 3.8) is 0 Å². The second-order valence-electron chi connectivity index (χ2n) is 8.14. The third-order valence-corrected chi connectivity index (χ3v) is 8.62. The maximum Gasteiger partial charge on any atom is 0.241 e. The summed E-state index contributed by atoms with van der Waals surface area (Å²) in [5, 5.41) is 7.25. The van der Waals surface area contributed by atoms with Crippen LogP contribution in [0.1, 0.15) is 30.9 Å². The number of sulfone groups is 1. The molecule has 184 valence electrons. The van der Waals surface area contributed by atoms with E-state index >= 15 is 0 Å². The van der Waals surface area contributed by atoms with Gasteiger partial charge in [-0.15, -0.1) is 11.8 Å². The Hall–Kier alpha value is -2.56. The lowest BCUT2D eigenvalue weighted by molar-refractivity contribution is -0.122. The van der Waals surface area contributed by atoms with Crippen molar-refractivity contribution in [1.82, 2.24) is 10.6 Å². The molecule has 0 saturated carbocycles. The number of aryl methyl sites for hydroxylation is 2. The SMILES string of the molecule is CCCCc1ccc(S(=O)(=O)C2CNC(SCC(=O)Nc3cc(C)ccc3OC)NC2=O)cc1. The van der Waals surface area contributed by atoms with E-state index in [2.05, 4.69) is 22.9 Å². The molecule has 2 aromatic rings. The fourth-order valence-corrected chi connectivity index (χ4v) is 5.90. The third kappa shape index (κ3) is 6.52. The number of carbonyl (C=O) groups is 2. The quantitative estimate of drug-likeness (QED) is 0.455. The van der Waals surface area contributed by atoms with E-state index in [0.29, 0.717) is 11.4 Å². The monoisotopic (exact) mass is 505 g/mol. The Kier molecular flexibility index (Phi) is 8.98. The second kappa shape index (κ2) is 11.7. The summed E-state index contributed by atoms with van der Waals surface area (Å²) in [7, 11) is -2.30. The first-order valence-electron chi connectivity index (χ1n) is 11.2. The van der Waals surface area contributed by atoms with Crippen molar-refractivity contribution in [2.24, 2.45) is 0 Å². The van der Waals surface area contributed by atoms with Gasteiger partial charge in [0.2, 0.25) is 11.8 Å². The van der Waals surface area contributed by atoms with Crippen molar-refractivity contribution in [2.75, 3.05) is 24.7 Å². The van der Waals surface area contributed by atoms with Gasteiger partial charge in [-0.25, -0.2) is 8.42 Å². The number of ether oxygens (including phenoxy) is 1. The van der Waals surface area contributed by atoms with Crippen LogP contribution in [-0.4, -0.2) is 50.4 Å². The Morgan fingerprint density at radius 3 is 2.59 bits per heavy atom. The summed E-state index contributed by atoms with van der Waals surface area (Å²) >= 11 is 1.17. The minimum Gasteiger partial charge on any atom is -0.495 e. The standard InChI is InChI=1S/C24H31N3O5S2/c1-4-5-6-17-8-10-18(11-9-17)34(30,31)21-14-25-24(27-23(21)29)33-15-22(28)26-19-13-16(2)7-12-20(19)32-3/h7-13,21,24-25H,4-6,14-15H2,1-3H3,(H,26,28)(H,27,29). The first-order valence-corrected chi connectivity index (χ1v) is 13.8. The second-order valence-corrected chi connectivity index (χ2v) is 11.4. The number of carbonyl (C=O) groups excluding carboxylic acids is 2. The zero-order valence-electron chi connectivity index (χ0n) is 19.6. The molecule has 3 N–H and O–H groups in total. The highest BCUT2D eigenvalue weighted by Gasteiger charge is 2.38. The van der Waals surface area contributed by atoms with Crippen molar-refractivity contribution in [3.05, 3.63) is 53.6 Å². The van der Waals surface area contributed by atoms with E-state index in [1.807, 2.05) is 19.1 Å². The van der Waals surface area contributed by atoms with Crippen LogP contribution in [0.5, 0.6) is 5.75 Å². The zero-order valence-corrected chi connectivity index (χ0v) is 21.2. The van der Waals surface area contributed by atoms with Gasteiger partial charge in [0, 0.05) is 6.54 Å². The van der Waals surface area contributed by atoms with Crippen LogP contribution < -0.4 is 20.7 Å². The van der Waals surface area contributed by atoms with Gasteiger partial charge in [0.05, 0.1) is 23.4 Å². The molecule has 2 unspecified atom stereocenters. The van der Waals surface area contributed by atoms with E-state index < -0.39 is 26.5 Å². The first-order chi connectivity index (χ1) is 16.2. The molecule has 1 aliphatic heterocycles. The molecule has 8 nitrogen and oxygen atoms in total. The molecule has 0 bridgehead atoms. The maximum absolute atomic E-state index is 13.0. The molecule has 0 radical (unpaired) electrons. The molecule has 0 spiro atoms. The van der Waals surface area contributed by atoms with Crippen LogP contribution in [0.3, 0.4) is 0 Å². The smallest absolute Gasteiger partial charge is 0.241 e. The Morgan fingerprint density at radius 2 is 1.94 bits per heavy atom. The predicted octanol–water partition coefficient (Wildman–Crippen LogP) is 2.86. The number of rotatable bonds is 10. The van der Waals surface area contributed by atoms with E-state index in [1.54, 1.807) is 30.3 Å². The van der Waals surface area contributed by atoms with Gasteiger partial charge in [0.25, 0.3) is 0 Å². The Morgan fingerprint density at radius 1 is 1.21 bits per heavy atom. The number of methoxy groups -OCH3 is 1. The van der Waals surface area contributed by atoms with Crippen molar-refractivity contribution >= 4 is 39.1 Å². The van der Waals surface area contributed by atoms with Crippen LogP contribution in [0.2, 0.25) is 0 Å². The fraction of sp³-hybridized carbons (Fsp3) is 0.417. The van der Waals surface area contributed by atoms with Gasteiger partial charge in [-0.2, -0.15) is 0 Å². The molecule has 1 saturated heterocycles. The van der Waals surface area contributed by atoms with E-state index in [0.717, 1.165) is 30.4 Å². The van der Waals surface area contributed by atoms with Gasteiger partial charge < -0.3 is 15.4 Å². The summed E-state index contributed by atoms with van der Waals surface area (Å²) in [6.45, 7) is 3.99. The number of hydrogen-bond acceptors (Lipinski definition) is 7. The molecule has 1 fully saturated rings. The predicted molar refractivity (Wildman–Crippen MR) is 135 cm³/mol. The van der Waals surface area contributed by atoms with E-state index in [9.17, 15) is 18.0 Å². The fourth-order valence-electron chi connectivity index (χ4n) is 3.59. The lowest BCUT2D eigenvalue weighted by Crippen LogP contribution is -2.59. The summed E-state index contributed by atoms with van der Waals surface area (Å²) in [6, 6.07) is 12.2. The van der Waals surface area contributed by atoms with E-state index in [1.165, 1.54) is 18.9 Å². The van der Waals surface area contributed by atoms with Gasteiger partial charge in [-0.05, 0) is 55.2 Å². The molecule has 3 rings (SSSR count). The van der Waals surface area contributed by atoms with Crippen molar-refractivity contribution in [1.29, 1.82) is 0 Å². The van der Waals surface area contributed by atoms with Crippen LogP contribution >= 0.6 is 11.8 Å². The van der Waals surface area contributed by atoms with Gasteiger partial charge in [0.1, 0.15) is 11.2 Å². The Balaban J connectivity index is 1.54. The summed E-state index contributed by atoms with van der Waals surface area (Å²) in [5.41, 5.74) is 2.05. The number of amides is 2. The number of nitrogens with one attached hydrogen (secondary N) is 3. The summed E-state index contributed by atoms with van der Waals surface area (Å²) in [5.74, 6) is -0.222. The normalized spacial score (nSPS) is 18.3. The molecular weight excluding hydrogens is 474 g/mol. The molecule has 10 heteroatoms. The number of unbranched alkanes of at least 4 members (excludes halogenated alkanes) is 1. The average Bonchev–Trinajstić information content (AvgIpc) is 2.81. The maximum atomic E-state index is 13.0. The number of anilines is 1. The zero-order chi connectivity index (χ0) is 24.7. The number of hydrogen-bond donors (Lipinski definition) is 3. The average molecular weight is 506 g/mol. The van der Waals surface area contributed by atoms with Gasteiger partial charge in [-0.1, -0.05) is 31.5 Å². The highest BCUT2D eigenvalue weighted by Crippen LogP contribution is 2.26. The highest BCUT2D eigenvalue weighted by atomic mass is 32.2. The first kappa shape index (κ1) is 26.1. The number of benzene rings is 2. The molecule has 1 heterocycles. The highest BCUT2D eigenvalue weighted by molar-refractivity contribution is 8.00. The van der Waals surface area contributed by atoms with Crippen molar-refractivity contribution in [2.45, 2.75) is 48.8 Å². The van der Waals surface area contributed by atoms with Crippen molar-refractivity contribution < 1.29 is 22.7 Å². The Bertz CT molecular complexity index is 1120. The van der Waals surface area contributed by atoms with Gasteiger partial charge >= 0.3 is 0 Å². The molecular formula is C24H31N3O5S2. The third-order valence-electron chi connectivity index (χ3n) is 5.51.